The SMILES string of the molecule is CN1CC(c2nc(C3CC3)no2)C2(CCN(C(=O)c3ccc4c(c3)OCO4)CC2)C1.O=C(O)C(F)(F)F. The molecule has 0 radical (unpaired) electrons. The van der Waals surface area contributed by atoms with E-state index in [9.17, 15) is 18.0 Å². The highest BCUT2D eigenvalue weighted by Gasteiger charge is 2.51. The minimum atomic E-state index is -5.08. The lowest BCUT2D eigenvalue weighted by Crippen LogP contribution is -2.46. The van der Waals surface area contributed by atoms with Crippen LogP contribution in [0.15, 0.2) is 22.7 Å². The van der Waals surface area contributed by atoms with Gasteiger partial charge in [-0.25, -0.2) is 4.79 Å². The Hall–Kier alpha value is -3.35. The van der Waals surface area contributed by atoms with Crippen molar-refractivity contribution < 1.29 is 41.9 Å². The Kier molecular flexibility index (Phi) is 6.50. The number of carbonyl (C=O) groups is 2. The molecule has 10 nitrogen and oxygen atoms in total. The molecule has 4 heterocycles. The van der Waals surface area contributed by atoms with E-state index in [-0.39, 0.29) is 24.0 Å². The van der Waals surface area contributed by atoms with Gasteiger partial charge in [0.1, 0.15) is 0 Å². The number of carbonyl (C=O) groups excluding carboxylic acids is 1. The van der Waals surface area contributed by atoms with Crippen LogP contribution in [-0.4, -0.2) is 83.1 Å². The number of hydrogen-bond acceptors (Lipinski definition) is 8. The molecule has 1 atom stereocenters. The summed E-state index contributed by atoms with van der Waals surface area (Å²) < 4.78 is 48.2. The van der Waals surface area contributed by atoms with Crippen molar-refractivity contribution in [2.45, 2.75) is 43.7 Å². The maximum atomic E-state index is 13.1. The second-order valence-electron chi connectivity index (χ2n) is 10.0. The van der Waals surface area contributed by atoms with Crippen LogP contribution in [0.2, 0.25) is 0 Å². The maximum absolute atomic E-state index is 13.1. The predicted octanol–water partition coefficient (Wildman–Crippen LogP) is 3.26. The first kappa shape index (κ1) is 25.3. The number of carboxylic acid groups (broad SMARTS) is 1. The summed E-state index contributed by atoms with van der Waals surface area (Å²) in [7, 11) is 2.16. The number of piperidine rings is 1. The van der Waals surface area contributed by atoms with Crippen molar-refractivity contribution >= 4 is 11.9 Å². The van der Waals surface area contributed by atoms with Crippen molar-refractivity contribution in [3.8, 4) is 11.5 Å². The van der Waals surface area contributed by atoms with E-state index in [1.807, 2.05) is 17.0 Å². The molecule has 1 aliphatic carbocycles. The van der Waals surface area contributed by atoms with Crippen molar-refractivity contribution in [1.29, 1.82) is 0 Å². The summed E-state index contributed by atoms with van der Waals surface area (Å²) in [6.45, 7) is 3.63. The lowest BCUT2D eigenvalue weighted by atomic mass is 9.70. The van der Waals surface area contributed by atoms with Gasteiger partial charge in [0.2, 0.25) is 12.7 Å². The molecule has 1 unspecified atom stereocenters. The van der Waals surface area contributed by atoms with E-state index in [1.54, 1.807) is 6.07 Å². The van der Waals surface area contributed by atoms with Crippen molar-refractivity contribution in [2.75, 3.05) is 40.0 Å². The molecular weight excluding hydrogens is 497 g/mol. The van der Waals surface area contributed by atoms with E-state index < -0.39 is 12.1 Å². The van der Waals surface area contributed by atoms with E-state index in [0.29, 0.717) is 23.0 Å². The minimum Gasteiger partial charge on any atom is -0.475 e. The highest BCUT2D eigenvalue weighted by atomic mass is 19.4. The van der Waals surface area contributed by atoms with Crippen LogP contribution in [0, 0.1) is 5.41 Å². The smallest absolute Gasteiger partial charge is 0.475 e. The maximum Gasteiger partial charge on any atom is 0.490 e. The molecule has 4 aliphatic rings. The molecule has 0 bridgehead atoms. The summed E-state index contributed by atoms with van der Waals surface area (Å²) in [5, 5.41) is 11.4. The molecule has 3 aliphatic heterocycles. The van der Waals surface area contributed by atoms with E-state index in [2.05, 4.69) is 17.1 Å². The van der Waals surface area contributed by atoms with Gasteiger partial charge in [0.05, 0.1) is 5.92 Å². The number of halogens is 3. The molecule has 37 heavy (non-hydrogen) atoms. The summed E-state index contributed by atoms with van der Waals surface area (Å²) in [5.41, 5.74) is 0.745. The van der Waals surface area contributed by atoms with Gasteiger partial charge in [0.25, 0.3) is 5.91 Å². The number of nitrogens with zero attached hydrogens (tertiary/aromatic N) is 4. The number of hydrogen-bond donors (Lipinski definition) is 1. The molecule has 13 heteroatoms. The Morgan fingerprint density at radius 1 is 1.14 bits per heavy atom. The Morgan fingerprint density at radius 2 is 1.81 bits per heavy atom. The lowest BCUT2D eigenvalue weighted by Gasteiger charge is -2.41. The van der Waals surface area contributed by atoms with Crippen molar-refractivity contribution in [1.82, 2.24) is 19.9 Å². The van der Waals surface area contributed by atoms with Gasteiger partial charge in [-0.3, -0.25) is 4.79 Å². The fraction of sp³-hybridized carbons (Fsp3) is 0.583. The van der Waals surface area contributed by atoms with Gasteiger partial charge in [-0.1, -0.05) is 5.16 Å². The Labute approximate surface area is 210 Å². The molecule has 1 saturated carbocycles. The first-order chi connectivity index (χ1) is 17.6. The number of amides is 1. The molecule has 3 fully saturated rings. The van der Waals surface area contributed by atoms with E-state index in [0.717, 1.165) is 50.7 Å². The summed E-state index contributed by atoms with van der Waals surface area (Å²) >= 11 is 0. The fourth-order valence-electron chi connectivity index (χ4n) is 5.33. The average Bonchev–Trinajstić information content (AvgIpc) is 3.26. The number of rotatable bonds is 3. The highest BCUT2D eigenvalue weighted by molar-refractivity contribution is 5.95. The van der Waals surface area contributed by atoms with Gasteiger partial charge in [0, 0.05) is 37.7 Å². The Balaban J connectivity index is 0.000000355. The van der Waals surface area contributed by atoms with E-state index >= 15 is 0 Å². The van der Waals surface area contributed by atoms with E-state index in [4.69, 9.17) is 28.9 Å². The van der Waals surface area contributed by atoms with Crippen LogP contribution < -0.4 is 9.47 Å². The molecule has 200 valence electrons. The second kappa shape index (κ2) is 9.51. The molecule has 2 aromatic rings. The van der Waals surface area contributed by atoms with Crippen LogP contribution in [0.25, 0.3) is 0 Å². The number of aliphatic carboxylic acids is 1. The summed E-state index contributed by atoms with van der Waals surface area (Å²) in [5.74, 6) is 1.05. The quantitative estimate of drug-likeness (QED) is 0.645. The zero-order valence-corrected chi connectivity index (χ0v) is 20.2. The third-order valence-corrected chi connectivity index (χ3v) is 7.42. The first-order valence-corrected chi connectivity index (χ1v) is 12.1. The number of alkyl halides is 3. The normalized spacial score (nSPS) is 22.6. The summed E-state index contributed by atoms with van der Waals surface area (Å²) in [6, 6.07) is 5.43. The topological polar surface area (TPSA) is 118 Å². The zero-order chi connectivity index (χ0) is 26.4. The fourth-order valence-corrected chi connectivity index (χ4v) is 5.33. The summed E-state index contributed by atoms with van der Waals surface area (Å²) in [4.78, 5) is 31.1. The predicted molar refractivity (Wildman–Crippen MR) is 120 cm³/mol. The number of likely N-dealkylation sites (N-methyl/N-ethyl adjacent to an activating group) is 1. The van der Waals surface area contributed by atoms with Crippen LogP contribution in [0.4, 0.5) is 13.2 Å². The van der Waals surface area contributed by atoms with Gasteiger partial charge in [0.15, 0.2) is 17.3 Å². The van der Waals surface area contributed by atoms with Gasteiger partial charge < -0.3 is 28.9 Å². The van der Waals surface area contributed by atoms with Crippen molar-refractivity contribution in [3.63, 3.8) is 0 Å². The Bertz CT molecular complexity index is 1170. The molecule has 2 saturated heterocycles. The largest absolute Gasteiger partial charge is 0.490 e. The lowest BCUT2D eigenvalue weighted by molar-refractivity contribution is -0.192. The summed E-state index contributed by atoms with van der Waals surface area (Å²) in [6.07, 6.45) is -0.851. The van der Waals surface area contributed by atoms with Crippen molar-refractivity contribution in [3.05, 3.63) is 35.5 Å². The van der Waals surface area contributed by atoms with Crippen LogP contribution in [0.5, 0.6) is 11.5 Å². The average molecular weight is 524 g/mol. The molecule has 1 spiro atoms. The van der Waals surface area contributed by atoms with Crippen LogP contribution >= 0.6 is 0 Å². The number of fused-ring (bicyclic) bond motifs is 1. The van der Waals surface area contributed by atoms with E-state index in [1.165, 1.54) is 12.8 Å². The third kappa shape index (κ3) is 5.22. The van der Waals surface area contributed by atoms with Crippen LogP contribution in [0.3, 0.4) is 0 Å². The molecule has 6 rings (SSSR count). The molecule has 1 amide bonds. The van der Waals surface area contributed by atoms with Crippen molar-refractivity contribution in [2.24, 2.45) is 5.41 Å². The molecular formula is C24H27F3N4O6. The van der Waals surface area contributed by atoms with Gasteiger partial charge in [-0.05, 0) is 56.3 Å². The Morgan fingerprint density at radius 3 is 2.46 bits per heavy atom. The number of aromatic nitrogens is 2. The molecule has 1 aromatic heterocycles. The first-order valence-electron chi connectivity index (χ1n) is 12.1. The minimum absolute atomic E-state index is 0.0554. The molecule has 1 N–H and O–H groups in total. The standard InChI is InChI=1S/C22H26N4O4.C2HF3O2/c1-25-11-16(20-23-19(24-30-20)14-2-3-14)22(12-25)6-8-26(9-7-22)21(27)15-4-5-17-18(10-15)29-13-28-17;3-2(4,5)1(6)7/h4-5,10,14,16H,2-3,6-9,11-13H2,1H3;(H,6,7). The number of benzene rings is 1. The monoisotopic (exact) mass is 524 g/mol. The van der Waals surface area contributed by atoms with Gasteiger partial charge in [-0.15, -0.1) is 0 Å². The number of carboxylic acids is 1. The highest BCUT2D eigenvalue weighted by Crippen LogP contribution is 2.50. The second-order valence-corrected chi connectivity index (χ2v) is 10.0. The van der Waals surface area contributed by atoms with Crippen LogP contribution in [-0.2, 0) is 4.79 Å². The third-order valence-electron chi connectivity index (χ3n) is 7.42. The van der Waals surface area contributed by atoms with Gasteiger partial charge >= 0.3 is 12.1 Å². The van der Waals surface area contributed by atoms with Crippen LogP contribution in [0.1, 0.15) is 59.6 Å². The number of likely N-dealkylation sites (tertiary alicyclic amines) is 2. The molecule has 1 aromatic carbocycles. The zero-order valence-electron chi connectivity index (χ0n) is 20.2. The number of ether oxygens (including phenoxy) is 2. The van der Waals surface area contributed by atoms with Gasteiger partial charge in [-0.2, -0.15) is 18.2 Å².